The van der Waals surface area contributed by atoms with Gasteiger partial charge in [0.2, 0.25) is 5.91 Å². The summed E-state index contributed by atoms with van der Waals surface area (Å²) in [6.07, 6.45) is 0.253. The molecular weight excluding hydrogens is 426 g/mol. The third kappa shape index (κ3) is 6.87. The SMILES string of the molecule is CCNC(=O)[C@H](Cc1ccccc1)N(Cc1ccccc1F)C(=O)COc1ccc(F)cc1. The number of rotatable bonds is 10. The average Bonchev–Trinajstić information content (AvgIpc) is 2.82. The lowest BCUT2D eigenvalue weighted by atomic mass is 10.0. The van der Waals surface area contributed by atoms with E-state index in [1.54, 1.807) is 25.1 Å². The first-order valence-electron chi connectivity index (χ1n) is 10.7. The molecule has 3 aromatic rings. The normalized spacial score (nSPS) is 11.5. The van der Waals surface area contributed by atoms with Crippen LogP contribution in [0.3, 0.4) is 0 Å². The highest BCUT2D eigenvalue weighted by Gasteiger charge is 2.31. The lowest BCUT2D eigenvalue weighted by Gasteiger charge is -2.31. The molecule has 5 nitrogen and oxygen atoms in total. The molecule has 7 heteroatoms. The molecule has 0 aromatic heterocycles. The van der Waals surface area contributed by atoms with Gasteiger partial charge in [-0.2, -0.15) is 0 Å². The average molecular weight is 453 g/mol. The number of amides is 2. The number of hydrogen-bond donors (Lipinski definition) is 1. The molecule has 0 aliphatic heterocycles. The lowest BCUT2D eigenvalue weighted by molar-refractivity contribution is -0.142. The molecule has 0 heterocycles. The number of nitrogens with zero attached hydrogens (tertiary/aromatic N) is 1. The van der Waals surface area contributed by atoms with Crippen LogP contribution < -0.4 is 10.1 Å². The Balaban J connectivity index is 1.89. The summed E-state index contributed by atoms with van der Waals surface area (Å²) in [4.78, 5) is 27.6. The van der Waals surface area contributed by atoms with Crippen LogP contribution in [0, 0.1) is 11.6 Å². The van der Waals surface area contributed by atoms with Crippen molar-refractivity contribution < 1.29 is 23.1 Å². The van der Waals surface area contributed by atoms with Gasteiger partial charge in [-0.15, -0.1) is 0 Å². The van der Waals surface area contributed by atoms with Crippen LogP contribution in [-0.4, -0.2) is 35.9 Å². The van der Waals surface area contributed by atoms with Crippen molar-refractivity contribution in [2.24, 2.45) is 0 Å². The summed E-state index contributed by atoms with van der Waals surface area (Å²) in [6, 6.07) is 19.8. The molecule has 0 bridgehead atoms. The van der Waals surface area contributed by atoms with E-state index in [4.69, 9.17) is 4.74 Å². The second-order valence-corrected chi connectivity index (χ2v) is 7.46. The van der Waals surface area contributed by atoms with Crippen LogP contribution in [0.2, 0.25) is 0 Å². The van der Waals surface area contributed by atoms with E-state index in [0.29, 0.717) is 12.3 Å². The van der Waals surface area contributed by atoms with Gasteiger partial charge in [-0.05, 0) is 42.8 Å². The number of benzene rings is 3. The molecule has 3 aromatic carbocycles. The molecule has 3 rings (SSSR count). The van der Waals surface area contributed by atoms with Crippen molar-refractivity contribution in [2.45, 2.75) is 25.9 Å². The molecule has 0 saturated carbocycles. The molecule has 0 unspecified atom stereocenters. The van der Waals surface area contributed by atoms with Crippen LogP contribution in [-0.2, 0) is 22.6 Å². The second kappa shape index (κ2) is 11.8. The maximum absolute atomic E-state index is 14.4. The number of likely N-dealkylation sites (N-methyl/N-ethyl adjacent to an activating group) is 1. The number of halogens is 2. The molecule has 0 saturated heterocycles. The highest BCUT2D eigenvalue weighted by Crippen LogP contribution is 2.18. The van der Waals surface area contributed by atoms with E-state index >= 15 is 0 Å². The maximum Gasteiger partial charge on any atom is 0.261 e. The zero-order valence-electron chi connectivity index (χ0n) is 18.3. The maximum atomic E-state index is 14.4. The molecule has 0 fully saturated rings. The Bertz CT molecular complexity index is 1060. The summed E-state index contributed by atoms with van der Waals surface area (Å²) in [5.41, 5.74) is 1.15. The van der Waals surface area contributed by atoms with Crippen LogP contribution >= 0.6 is 0 Å². The van der Waals surface area contributed by atoms with Gasteiger partial charge >= 0.3 is 0 Å². The summed E-state index contributed by atoms with van der Waals surface area (Å²) in [5.74, 6) is -1.41. The van der Waals surface area contributed by atoms with Gasteiger partial charge in [-0.3, -0.25) is 9.59 Å². The van der Waals surface area contributed by atoms with Gasteiger partial charge in [0.05, 0.1) is 0 Å². The Morgan fingerprint density at radius 2 is 1.61 bits per heavy atom. The largest absolute Gasteiger partial charge is 0.484 e. The monoisotopic (exact) mass is 452 g/mol. The molecule has 0 aliphatic rings. The van der Waals surface area contributed by atoms with E-state index in [9.17, 15) is 18.4 Å². The predicted molar refractivity (Wildman–Crippen MR) is 121 cm³/mol. The quantitative estimate of drug-likeness (QED) is 0.504. The number of ether oxygens (including phenoxy) is 1. The fourth-order valence-electron chi connectivity index (χ4n) is 3.41. The molecule has 1 N–H and O–H groups in total. The first-order valence-corrected chi connectivity index (χ1v) is 10.7. The lowest BCUT2D eigenvalue weighted by Crippen LogP contribution is -2.51. The first-order chi connectivity index (χ1) is 16.0. The Kier molecular flexibility index (Phi) is 8.52. The Morgan fingerprint density at radius 3 is 2.27 bits per heavy atom. The second-order valence-electron chi connectivity index (χ2n) is 7.46. The number of hydrogen-bond acceptors (Lipinski definition) is 3. The smallest absolute Gasteiger partial charge is 0.261 e. The number of nitrogens with one attached hydrogen (secondary N) is 1. The molecular formula is C26H26F2N2O3. The summed E-state index contributed by atoms with van der Waals surface area (Å²) in [7, 11) is 0. The topological polar surface area (TPSA) is 58.6 Å². The predicted octanol–water partition coefficient (Wildman–Crippen LogP) is 4.12. The van der Waals surface area contributed by atoms with Crippen LogP contribution in [0.1, 0.15) is 18.1 Å². The molecule has 33 heavy (non-hydrogen) atoms. The van der Waals surface area contributed by atoms with Crippen LogP contribution in [0.25, 0.3) is 0 Å². The van der Waals surface area contributed by atoms with E-state index in [1.807, 2.05) is 30.3 Å². The van der Waals surface area contributed by atoms with Crippen LogP contribution in [0.15, 0.2) is 78.9 Å². The molecule has 2 amide bonds. The molecule has 0 spiro atoms. The first kappa shape index (κ1) is 23.9. The van der Waals surface area contributed by atoms with Crippen molar-refractivity contribution in [3.05, 3.63) is 102 Å². The Labute approximate surface area is 192 Å². The van der Waals surface area contributed by atoms with Crippen molar-refractivity contribution in [2.75, 3.05) is 13.2 Å². The Morgan fingerprint density at radius 1 is 0.939 bits per heavy atom. The minimum absolute atomic E-state index is 0.104. The molecule has 1 atom stereocenters. The minimum Gasteiger partial charge on any atom is -0.484 e. The summed E-state index contributed by atoms with van der Waals surface area (Å²) in [5, 5.41) is 2.77. The third-order valence-electron chi connectivity index (χ3n) is 5.10. The van der Waals surface area contributed by atoms with Crippen LogP contribution in [0.4, 0.5) is 8.78 Å². The van der Waals surface area contributed by atoms with E-state index in [-0.39, 0.29) is 31.0 Å². The van der Waals surface area contributed by atoms with Gasteiger partial charge in [0, 0.05) is 25.1 Å². The fourth-order valence-corrected chi connectivity index (χ4v) is 3.41. The fraction of sp³-hybridized carbons (Fsp3) is 0.231. The van der Waals surface area contributed by atoms with Gasteiger partial charge in [0.1, 0.15) is 23.4 Å². The molecule has 172 valence electrons. The highest BCUT2D eigenvalue weighted by atomic mass is 19.1. The van der Waals surface area contributed by atoms with Crippen LogP contribution in [0.5, 0.6) is 5.75 Å². The van der Waals surface area contributed by atoms with E-state index < -0.39 is 23.6 Å². The summed E-state index contributed by atoms with van der Waals surface area (Å²) in [6.45, 7) is 1.69. The molecule has 0 aliphatic carbocycles. The van der Waals surface area contributed by atoms with Gasteiger partial charge in [0.25, 0.3) is 5.91 Å². The zero-order chi connectivity index (χ0) is 23.6. The van der Waals surface area contributed by atoms with E-state index in [2.05, 4.69) is 5.32 Å². The third-order valence-corrected chi connectivity index (χ3v) is 5.10. The standard InChI is InChI=1S/C26H26F2N2O3/c1-2-29-26(32)24(16-19-8-4-3-5-9-19)30(17-20-10-6-7-11-23(20)28)25(31)18-33-22-14-12-21(27)13-15-22/h3-15,24H,2,16-18H2,1H3,(H,29,32)/t24-/m0/s1. The van der Waals surface area contributed by atoms with E-state index in [1.165, 1.54) is 35.2 Å². The minimum atomic E-state index is -0.878. The van der Waals surface area contributed by atoms with Gasteiger partial charge < -0.3 is 15.0 Å². The number of carbonyl (C=O) groups excluding carboxylic acids is 2. The summed E-state index contributed by atoms with van der Waals surface area (Å²) >= 11 is 0. The van der Waals surface area contributed by atoms with Crippen molar-refractivity contribution in [1.29, 1.82) is 0 Å². The van der Waals surface area contributed by atoms with Crippen molar-refractivity contribution in [1.82, 2.24) is 10.2 Å². The molecule has 0 radical (unpaired) electrons. The van der Waals surface area contributed by atoms with Gasteiger partial charge in [-0.1, -0.05) is 48.5 Å². The van der Waals surface area contributed by atoms with Gasteiger partial charge in [0.15, 0.2) is 6.61 Å². The highest BCUT2D eigenvalue weighted by molar-refractivity contribution is 5.88. The zero-order valence-corrected chi connectivity index (χ0v) is 18.3. The Hall–Kier alpha value is -3.74. The van der Waals surface area contributed by atoms with Crippen molar-refractivity contribution in [3.8, 4) is 5.75 Å². The number of carbonyl (C=O) groups is 2. The van der Waals surface area contributed by atoms with Crippen molar-refractivity contribution in [3.63, 3.8) is 0 Å². The summed E-state index contributed by atoms with van der Waals surface area (Å²) < 4.78 is 33.1. The van der Waals surface area contributed by atoms with Crippen molar-refractivity contribution >= 4 is 11.8 Å². The van der Waals surface area contributed by atoms with E-state index in [0.717, 1.165) is 5.56 Å². The van der Waals surface area contributed by atoms with Gasteiger partial charge in [-0.25, -0.2) is 8.78 Å².